The quantitative estimate of drug-likeness (QED) is 0.573. The summed E-state index contributed by atoms with van der Waals surface area (Å²) in [5.41, 5.74) is 3.71. The summed E-state index contributed by atoms with van der Waals surface area (Å²) in [7, 11) is 2.07. The Morgan fingerprint density at radius 3 is 2.73 bits per heavy atom. The summed E-state index contributed by atoms with van der Waals surface area (Å²) in [4.78, 5) is 4.34. The molecule has 0 unspecified atom stereocenters. The van der Waals surface area contributed by atoms with Gasteiger partial charge in [-0.05, 0) is 18.9 Å². The van der Waals surface area contributed by atoms with Gasteiger partial charge >= 0.3 is 0 Å². The number of rotatable bonds is 2. The molecule has 0 N–H and O–H groups in total. The van der Waals surface area contributed by atoms with Crippen LogP contribution >= 0.6 is 0 Å². The molecule has 2 heteroatoms. The molecule has 1 rings (SSSR count). The average molecular weight is 146 g/mol. The summed E-state index contributed by atoms with van der Waals surface area (Å²) in [6, 6.07) is 2.17. The van der Waals surface area contributed by atoms with E-state index in [2.05, 4.69) is 32.2 Å². The number of aromatic nitrogens is 1. The Hall–Kier alpha value is -0.785. The smallest absolute Gasteiger partial charge is 0.150 e. The molecule has 0 aliphatic rings. The summed E-state index contributed by atoms with van der Waals surface area (Å²) in [6.07, 6.45) is 2.95. The highest BCUT2D eigenvalue weighted by molar-refractivity contribution is 6.51. The van der Waals surface area contributed by atoms with Crippen LogP contribution in [0, 0.1) is 6.92 Å². The van der Waals surface area contributed by atoms with Crippen LogP contribution in [-0.4, -0.2) is 12.3 Å². The maximum atomic E-state index is 4.34. The fourth-order valence-corrected chi connectivity index (χ4v) is 1.15. The molecule has 1 radical (unpaired) electrons. The van der Waals surface area contributed by atoms with Gasteiger partial charge in [0.1, 0.15) is 7.28 Å². The minimum atomic E-state index is 1.02. The van der Waals surface area contributed by atoms with E-state index >= 15 is 0 Å². The average Bonchev–Trinajstić information content (AvgIpc) is 2.04. The fourth-order valence-electron chi connectivity index (χ4n) is 1.15. The van der Waals surface area contributed by atoms with Crippen LogP contribution in [-0.2, 0) is 6.42 Å². The van der Waals surface area contributed by atoms with Gasteiger partial charge in [0.15, 0.2) is 0 Å². The second kappa shape index (κ2) is 3.56. The molecule has 1 aromatic rings. The molecular formula is C9H13BN. The van der Waals surface area contributed by atoms with E-state index in [0.717, 1.165) is 6.42 Å². The Kier molecular flexibility index (Phi) is 2.69. The van der Waals surface area contributed by atoms with E-state index in [1.165, 1.54) is 16.7 Å². The van der Waals surface area contributed by atoms with Crippen molar-refractivity contribution in [2.75, 3.05) is 0 Å². The highest BCUT2D eigenvalue weighted by Gasteiger charge is 1.97. The van der Waals surface area contributed by atoms with Gasteiger partial charge in [-0.1, -0.05) is 25.3 Å². The van der Waals surface area contributed by atoms with Crippen molar-refractivity contribution < 1.29 is 0 Å². The molecule has 0 atom stereocenters. The summed E-state index contributed by atoms with van der Waals surface area (Å²) < 4.78 is 0. The molecule has 11 heavy (non-hydrogen) atoms. The fraction of sp³-hybridized carbons (Fsp3) is 0.444. The molecule has 0 spiro atoms. The minimum Gasteiger partial charge on any atom is -0.262 e. The van der Waals surface area contributed by atoms with Gasteiger partial charge in [-0.2, -0.15) is 0 Å². The summed E-state index contributed by atoms with van der Waals surface area (Å²) in [6.45, 7) is 6.27. The standard InChI is InChI=1S/C9H13BN/c1-4-9-7(2)5-8(10-3)6-11-9/h5-6H,4H2,1-3H3. The Morgan fingerprint density at radius 1 is 1.55 bits per heavy atom. The molecule has 0 aliphatic carbocycles. The molecule has 0 aliphatic heterocycles. The maximum absolute atomic E-state index is 4.34. The predicted octanol–water partition coefficient (Wildman–Crippen LogP) is 1.33. The monoisotopic (exact) mass is 146 g/mol. The molecule has 0 fully saturated rings. The van der Waals surface area contributed by atoms with Crippen molar-refractivity contribution in [3.63, 3.8) is 0 Å². The van der Waals surface area contributed by atoms with Gasteiger partial charge in [0.25, 0.3) is 0 Å². The summed E-state index contributed by atoms with van der Waals surface area (Å²) >= 11 is 0. The number of hydrogen-bond donors (Lipinski definition) is 0. The van der Waals surface area contributed by atoms with E-state index < -0.39 is 0 Å². The van der Waals surface area contributed by atoms with E-state index in [-0.39, 0.29) is 0 Å². The highest BCUT2D eigenvalue weighted by atomic mass is 14.7. The van der Waals surface area contributed by atoms with Gasteiger partial charge in [0.05, 0.1) is 0 Å². The predicted molar refractivity (Wildman–Crippen MR) is 49.6 cm³/mol. The van der Waals surface area contributed by atoms with Crippen molar-refractivity contribution in [3.05, 3.63) is 23.5 Å². The summed E-state index contributed by atoms with van der Waals surface area (Å²) in [5.74, 6) is 0. The first kappa shape index (κ1) is 8.31. The SMILES string of the molecule is C[B]c1cnc(CC)c(C)c1. The van der Waals surface area contributed by atoms with E-state index in [9.17, 15) is 0 Å². The largest absolute Gasteiger partial charge is 0.262 e. The normalized spacial score (nSPS) is 9.73. The maximum Gasteiger partial charge on any atom is 0.150 e. The molecule has 0 saturated heterocycles. The van der Waals surface area contributed by atoms with Crippen molar-refractivity contribution in [3.8, 4) is 0 Å². The lowest BCUT2D eigenvalue weighted by Gasteiger charge is -2.02. The van der Waals surface area contributed by atoms with Gasteiger partial charge in [0, 0.05) is 11.9 Å². The molecule has 0 bridgehead atoms. The van der Waals surface area contributed by atoms with Crippen molar-refractivity contribution in [2.24, 2.45) is 0 Å². The van der Waals surface area contributed by atoms with E-state index in [1.807, 2.05) is 13.0 Å². The van der Waals surface area contributed by atoms with Gasteiger partial charge in [-0.3, -0.25) is 4.98 Å². The van der Waals surface area contributed by atoms with Crippen LogP contribution in [0.3, 0.4) is 0 Å². The Morgan fingerprint density at radius 2 is 2.27 bits per heavy atom. The Labute approximate surface area is 69.1 Å². The highest BCUT2D eigenvalue weighted by Crippen LogP contribution is 2.01. The Bertz CT molecular complexity index is 245. The van der Waals surface area contributed by atoms with Gasteiger partial charge in [-0.15, -0.1) is 0 Å². The van der Waals surface area contributed by atoms with E-state index in [0.29, 0.717) is 0 Å². The third-order valence-electron chi connectivity index (χ3n) is 1.88. The van der Waals surface area contributed by atoms with E-state index in [1.54, 1.807) is 0 Å². The van der Waals surface area contributed by atoms with Crippen LogP contribution in [0.1, 0.15) is 18.2 Å². The van der Waals surface area contributed by atoms with Gasteiger partial charge in [-0.25, -0.2) is 0 Å². The Balaban J connectivity index is 2.99. The number of pyridine rings is 1. The topological polar surface area (TPSA) is 12.9 Å². The zero-order valence-electron chi connectivity index (χ0n) is 7.39. The molecule has 0 aromatic carbocycles. The first-order chi connectivity index (χ1) is 5.27. The van der Waals surface area contributed by atoms with Crippen molar-refractivity contribution in [1.82, 2.24) is 4.98 Å². The lowest BCUT2D eigenvalue weighted by molar-refractivity contribution is 1.01. The van der Waals surface area contributed by atoms with Crippen LogP contribution < -0.4 is 5.46 Å². The summed E-state index contributed by atoms with van der Waals surface area (Å²) in [5, 5.41) is 0. The first-order valence-electron chi connectivity index (χ1n) is 4.02. The first-order valence-corrected chi connectivity index (χ1v) is 4.02. The van der Waals surface area contributed by atoms with Crippen molar-refractivity contribution >= 4 is 12.7 Å². The van der Waals surface area contributed by atoms with Gasteiger partial charge < -0.3 is 0 Å². The lowest BCUT2D eigenvalue weighted by atomic mass is 9.74. The van der Waals surface area contributed by atoms with Gasteiger partial charge in [0.2, 0.25) is 0 Å². The van der Waals surface area contributed by atoms with Crippen molar-refractivity contribution in [2.45, 2.75) is 27.1 Å². The number of aryl methyl sites for hydroxylation is 2. The van der Waals surface area contributed by atoms with Crippen molar-refractivity contribution in [1.29, 1.82) is 0 Å². The third kappa shape index (κ3) is 1.82. The molecular weight excluding hydrogens is 133 g/mol. The minimum absolute atomic E-state index is 1.02. The zero-order chi connectivity index (χ0) is 8.27. The molecule has 0 amide bonds. The van der Waals surface area contributed by atoms with Crippen LogP contribution in [0.5, 0.6) is 0 Å². The van der Waals surface area contributed by atoms with Crippen LogP contribution in [0.25, 0.3) is 0 Å². The molecule has 1 heterocycles. The van der Waals surface area contributed by atoms with Crippen LogP contribution in [0.4, 0.5) is 0 Å². The second-order valence-electron chi connectivity index (χ2n) is 2.67. The molecule has 0 saturated carbocycles. The zero-order valence-corrected chi connectivity index (χ0v) is 7.39. The second-order valence-corrected chi connectivity index (χ2v) is 2.67. The van der Waals surface area contributed by atoms with Crippen LogP contribution in [0.2, 0.25) is 6.82 Å². The van der Waals surface area contributed by atoms with Crippen LogP contribution in [0.15, 0.2) is 12.3 Å². The van der Waals surface area contributed by atoms with E-state index in [4.69, 9.17) is 0 Å². The molecule has 1 nitrogen and oxygen atoms in total. The number of hydrogen-bond acceptors (Lipinski definition) is 1. The molecule has 1 aromatic heterocycles. The molecule has 57 valence electrons. The number of nitrogens with zero attached hydrogens (tertiary/aromatic N) is 1. The lowest BCUT2D eigenvalue weighted by Crippen LogP contribution is -2.13. The third-order valence-corrected chi connectivity index (χ3v) is 1.88.